The molecule has 1 N–H and O–H groups in total. The van der Waals surface area contributed by atoms with Crippen LogP contribution in [0.1, 0.15) is 17.4 Å². The number of nitrogens with one attached hydrogen (secondary N) is 1. The van der Waals surface area contributed by atoms with Gasteiger partial charge in [0.05, 0.1) is 0 Å². The minimum absolute atomic E-state index is 0.947. The third-order valence-electron chi connectivity index (χ3n) is 3.62. The van der Waals surface area contributed by atoms with E-state index in [9.17, 15) is 0 Å². The molecule has 2 nitrogen and oxygen atoms in total. The summed E-state index contributed by atoms with van der Waals surface area (Å²) in [5.41, 5.74) is 2.74. The number of rotatable bonds is 6. The second kappa shape index (κ2) is 6.25. The maximum absolute atomic E-state index is 3.43. The van der Waals surface area contributed by atoms with Gasteiger partial charge in [0, 0.05) is 35.1 Å². The fourth-order valence-corrected chi connectivity index (χ4v) is 3.29. The molecule has 104 valence electrons. The summed E-state index contributed by atoms with van der Waals surface area (Å²) in [6.45, 7) is 5.15. The number of hydrogen-bond acceptors (Lipinski definition) is 2. The lowest BCUT2D eigenvalue weighted by molar-refractivity contribution is 0.705. The molecule has 0 spiro atoms. The molecule has 2 aromatic heterocycles. The molecule has 0 aliphatic carbocycles. The third-order valence-corrected chi connectivity index (χ3v) is 4.55. The molecule has 1 aromatic carbocycles. The molecule has 0 bridgehead atoms. The highest BCUT2D eigenvalue weighted by Gasteiger charge is 2.07. The molecule has 2 heterocycles. The van der Waals surface area contributed by atoms with Gasteiger partial charge in [-0.25, -0.2) is 0 Å². The van der Waals surface area contributed by atoms with E-state index in [0.29, 0.717) is 0 Å². The zero-order chi connectivity index (χ0) is 13.8. The predicted molar refractivity (Wildman–Crippen MR) is 87.3 cm³/mol. The molecule has 3 rings (SSSR count). The first-order valence-electron chi connectivity index (χ1n) is 7.18. The molecule has 0 aliphatic heterocycles. The zero-order valence-electron chi connectivity index (χ0n) is 11.8. The van der Waals surface area contributed by atoms with Gasteiger partial charge in [0.15, 0.2) is 0 Å². The number of fused-ring (bicyclic) bond motifs is 1. The monoisotopic (exact) mass is 284 g/mol. The lowest BCUT2D eigenvalue weighted by atomic mass is 10.2. The van der Waals surface area contributed by atoms with Crippen molar-refractivity contribution in [2.75, 3.05) is 6.54 Å². The van der Waals surface area contributed by atoms with E-state index >= 15 is 0 Å². The van der Waals surface area contributed by atoms with Crippen molar-refractivity contribution in [3.63, 3.8) is 0 Å². The zero-order valence-corrected chi connectivity index (χ0v) is 12.6. The Morgan fingerprint density at radius 3 is 2.85 bits per heavy atom. The summed E-state index contributed by atoms with van der Waals surface area (Å²) in [5.74, 6) is 0. The highest BCUT2D eigenvalue weighted by molar-refractivity contribution is 7.09. The summed E-state index contributed by atoms with van der Waals surface area (Å²) in [7, 11) is 0. The first-order valence-corrected chi connectivity index (χ1v) is 8.06. The van der Waals surface area contributed by atoms with Gasteiger partial charge in [-0.1, -0.05) is 31.2 Å². The predicted octanol–water partition coefficient (Wildman–Crippen LogP) is 4.06. The number of aryl methyl sites for hydroxylation is 2. The van der Waals surface area contributed by atoms with Crippen molar-refractivity contribution in [2.45, 2.75) is 26.4 Å². The molecule has 3 heteroatoms. The summed E-state index contributed by atoms with van der Waals surface area (Å²) < 4.78 is 2.39. The van der Waals surface area contributed by atoms with Crippen LogP contribution in [0, 0.1) is 0 Å². The Bertz CT molecular complexity index is 667. The van der Waals surface area contributed by atoms with Crippen LogP contribution in [0.15, 0.2) is 48.0 Å². The maximum atomic E-state index is 3.43. The van der Waals surface area contributed by atoms with Crippen LogP contribution in [0.4, 0.5) is 0 Å². The van der Waals surface area contributed by atoms with Gasteiger partial charge in [0.1, 0.15) is 0 Å². The second-order valence-corrected chi connectivity index (χ2v) is 6.01. The number of hydrogen-bond donors (Lipinski definition) is 1. The molecule has 0 unspecified atom stereocenters. The first kappa shape index (κ1) is 13.4. The molecule has 0 saturated heterocycles. The smallest absolute Gasteiger partial charge is 0.0483 e. The van der Waals surface area contributed by atoms with Crippen molar-refractivity contribution in [2.24, 2.45) is 0 Å². The van der Waals surface area contributed by atoms with Crippen LogP contribution in [-0.4, -0.2) is 11.1 Å². The van der Waals surface area contributed by atoms with Crippen LogP contribution in [0.5, 0.6) is 0 Å². The van der Waals surface area contributed by atoms with Crippen molar-refractivity contribution in [3.05, 3.63) is 58.4 Å². The van der Waals surface area contributed by atoms with Gasteiger partial charge in [-0.15, -0.1) is 11.3 Å². The van der Waals surface area contributed by atoms with Crippen LogP contribution in [-0.2, 0) is 19.5 Å². The van der Waals surface area contributed by atoms with E-state index in [-0.39, 0.29) is 0 Å². The van der Waals surface area contributed by atoms with Crippen LogP contribution in [0.25, 0.3) is 10.9 Å². The number of para-hydroxylation sites is 1. The van der Waals surface area contributed by atoms with Crippen molar-refractivity contribution in [3.8, 4) is 0 Å². The molecule has 0 fully saturated rings. The van der Waals surface area contributed by atoms with Crippen molar-refractivity contribution in [1.82, 2.24) is 9.88 Å². The molecule has 3 aromatic rings. The molecular weight excluding hydrogens is 264 g/mol. The second-order valence-electron chi connectivity index (χ2n) is 4.97. The molecule has 0 amide bonds. The summed E-state index contributed by atoms with van der Waals surface area (Å²) in [6.07, 6.45) is 3.41. The van der Waals surface area contributed by atoms with E-state index in [1.807, 2.05) is 11.3 Å². The summed E-state index contributed by atoms with van der Waals surface area (Å²) >= 11 is 1.84. The molecular formula is C17H20N2S. The normalized spacial score (nSPS) is 11.2. The first-order chi connectivity index (χ1) is 9.88. The number of benzene rings is 1. The van der Waals surface area contributed by atoms with Gasteiger partial charge >= 0.3 is 0 Å². The molecule has 0 saturated carbocycles. The lowest BCUT2D eigenvalue weighted by Crippen LogP contribution is -2.11. The Kier molecular flexibility index (Phi) is 4.19. The van der Waals surface area contributed by atoms with Crippen molar-refractivity contribution < 1.29 is 0 Å². The van der Waals surface area contributed by atoms with Crippen molar-refractivity contribution in [1.29, 1.82) is 0 Å². The van der Waals surface area contributed by atoms with Gasteiger partial charge in [-0.3, -0.25) is 0 Å². The molecule has 0 aliphatic rings. The van der Waals surface area contributed by atoms with Crippen LogP contribution in [0.3, 0.4) is 0 Å². The van der Waals surface area contributed by atoms with Gasteiger partial charge in [-0.05, 0) is 36.0 Å². The van der Waals surface area contributed by atoms with E-state index in [2.05, 4.69) is 64.8 Å². The number of nitrogens with zero attached hydrogens (tertiary/aromatic N) is 1. The van der Waals surface area contributed by atoms with Crippen LogP contribution < -0.4 is 5.32 Å². The number of aromatic nitrogens is 1. The fraction of sp³-hybridized carbons (Fsp3) is 0.294. The molecule has 0 atom stereocenters. The minimum atomic E-state index is 0.947. The Hall–Kier alpha value is -1.58. The van der Waals surface area contributed by atoms with Gasteiger partial charge in [-0.2, -0.15) is 0 Å². The highest BCUT2D eigenvalue weighted by atomic mass is 32.1. The summed E-state index contributed by atoms with van der Waals surface area (Å²) in [4.78, 5) is 1.45. The standard InChI is InChI=1S/C17H20N2S/c1-2-18-12-14-13-19(10-9-15-6-5-11-20-15)17-8-4-3-7-16(14)17/h3-8,11,13,18H,2,9-10,12H2,1H3. The largest absolute Gasteiger partial charge is 0.347 e. The van der Waals surface area contributed by atoms with Crippen LogP contribution >= 0.6 is 11.3 Å². The van der Waals surface area contributed by atoms with E-state index in [0.717, 1.165) is 26.1 Å². The molecule has 20 heavy (non-hydrogen) atoms. The average molecular weight is 284 g/mol. The maximum Gasteiger partial charge on any atom is 0.0483 e. The summed E-state index contributed by atoms with van der Waals surface area (Å²) in [5, 5.41) is 6.96. The topological polar surface area (TPSA) is 17.0 Å². The van der Waals surface area contributed by atoms with E-state index in [1.165, 1.54) is 21.3 Å². The summed E-state index contributed by atoms with van der Waals surface area (Å²) in [6, 6.07) is 13.0. The lowest BCUT2D eigenvalue weighted by Gasteiger charge is -2.03. The Labute approximate surface area is 124 Å². The van der Waals surface area contributed by atoms with Crippen LogP contribution in [0.2, 0.25) is 0 Å². The SMILES string of the molecule is CCNCc1cn(CCc2cccs2)c2ccccc12. The minimum Gasteiger partial charge on any atom is -0.347 e. The Morgan fingerprint density at radius 2 is 2.05 bits per heavy atom. The fourth-order valence-electron chi connectivity index (χ4n) is 2.59. The third kappa shape index (κ3) is 2.79. The van der Waals surface area contributed by atoms with E-state index in [1.54, 1.807) is 0 Å². The average Bonchev–Trinajstić information content (AvgIpc) is 3.11. The van der Waals surface area contributed by atoms with Crippen molar-refractivity contribution >= 4 is 22.2 Å². The highest BCUT2D eigenvalue weighted by Crippen LogP contribution is 2.22. The number of thiophene rings is 1. The van der Waals surface area contributed by atoms with Gasteiger partial charge < -0.3 is 9.88 Å². The Morgan fingerprint density at radius 1 is 1.15 bits per heavy atom. The van der Waals surface area contributed by atoms with E-state index < -0.39 is 0 Å². The van der Waals surface area contributed by atoms with Gasteiger partial charge in [0.25, 0.3) is 0 Å². The quantitative estimate of drug-likeness (QED) is 0.722. The Balaban J connectivity index is 1.86. The molecule has 0 radical (unpaired) electrons. The van der Waals surface area contributed by atoms with Gasteiger partial charge in [0.2, 0.25) is 0 Å². The van der Waals surface area contributed by atoms with E-state index in [4.69, 9.17) is 0 Å².